The Morgan fingerprint density at radius 1 is 1.35 bits per heavy atom. The van der Waals surface area contributed by atoms with E-state index in [9.17, 15) is 0 Å². The van der Waals surface area contributed by atoms with E-state index in [-0.39, 0.29) is 0 Å². The minimum absolute atomic E-state index is 0.582. The minimum Gasteiger partial charge on any atom is -0.355 e. The van der Waals surface area contributed by atoms with Crippen LogP contribution in [0, 0.1) is 18.8 Å². The van der Waals surface area contributed by atoms with Crippen molar-refractivity contribution in [1.82, 2.24) is 20.1 Å². The third-order valence-corrected chi connectivity index (χ3v) is 6.19. The molecule has 122 valence electrons. The van der Waals surface area contributed by atoms with Crippen molar-refractivity contribution in [2.24, 2.45) is 11.8 Å². The lowest BCUT2D eigenvalue weighted by Crippen LogP contribution is -2.38. The van der Waals surface area contributed by atoms with Crippen LogP contribution in [0.15, 0.2) is 23.7 Å². The summed E-state index contributed by atoms with van der Waals surface area (Å²) in [6, 6.07) is 4.61. The van der Waals surface area contributed by atoms with Gasteiger partial charge in [-0.2, -0.15) is 5.10 Å². The normalized spacial score (nSPS) is 27.3. The Labute approximate surface area is 141 Å². The molecule has 0 radical (unpaired) electrons. The number of thiazole rings is 1. The van der Waals surface area contributed by atoms with E-state index in [1.165, 1.54) is 36.6 Å². The number of aromatic nitrogens is 3. The molecule has 23 heavy (non-hydrogen) atoms. The molecule has 4 rings (SSSR count). The van der Waals surface area contributed by atoms with Gasteiger partial charge in [0.15, 0.2) is 5.82 Å². The van der Waals surface area contributed by atoms with Crippen LogP contribution in [0.25, 0.3) is 0 Å². The van der Waals surface area contributed by atoms with Gasteiger partial charge in [-0.1, -0.05) is 0 Å². The molecule has 1 saturated heterocycles. The maximum absolute atomic E-state index is 4.62. The molecule has 2 aliphatic rings. The number of likely N-dealkylation sites (tertiary alicyclic amines) is 1. The molecule has 5 nitrogen and oxygen atoms in total. The van der Waals surface area contributed by atoms with E-state index in [1.54, 1.807) is 17.5 Å². The molecule has 6 heteroatoms. The van der Waals surface area contributed by atoms with E-state index >= 15 is 0 Å². The maximum atomic E-state index is 4.62. The second-order valence-electron chi connectivity index (χ2n) is 6.81. The van der Waals surface area contributed by atoms with Gasteiger partial charge in [0.2, 0.25) is 0 Å². The molecule has 1 aliphatic carbocycles. The first kappa shape index (κ1) is 15.0. The van der Waals surface area contributed by atoms with Gasteiger partial charge in [0.1, 0.15) is 0 Å². The summed E-state index contributed by atoms with van der Waals surface area (Å²) in [6.45, 7) is 5.47. The highest BCUT2D eigenvalue weighted by molar-refractivity contribution is 7.09. The van der Waals surface area contributed by atoms with Crippen LogP contribution >= 0.6 is 11.3 Å². The molecule has 1 saturated carbocycles. The minimum atomic E-state index is 0.582. The van der Waals surface area contributed by atoms with Crippen molar-refractivity contribution in [3.63, 3.8) is 0 Å². The lowest BCUT2D eigenvalue weighted by atomic mass is 9.97. The number of rotatable bonds is 4. The molecule has 0 bridgehead atoms. The fourth-order valence-electron chi connectivity index (χ4n) is 4.30. The molecular formula is C17H23N5S. The fraction of sp³-hybridized carbons (Fsp3) is 0.588. The van der Waals surface area contributed by atoms with E-state index in [2.05, 4.69) is 50.4 Å². The maximum Gasteiger partial charge on any atom is 0.151 e. The zero-order valence-corrected chi connectivity index (χ0v) is 14.5. The summed E-state index contributed by atoms with van der Waals surface area (Å²) >= 11 is 1.75. The summed E-state index contributed by atoms with van der Waals surface area (Å²) in [5.74, 6) is 2.55. The molecule has 3 atom stereocenters. The van der Waals surface area contributed by atoms with Crippen molar-refractivity contribution in [2.75, 3.05) is 25.0 Å². The highest BCUT2D eigenvalue weighted by atomic mass is 32.1. The van der Waals surface area contributed by atoms with Gasteiger partial charge in [-0.3, -0.25) is 4.90 Å². The fourth-order valence-corrected chi connectivity index (χ4v) is 4.90. The number of hydrogen-bond donors (Lipinski definition) is 0. The Kier molecular flexibility index (Phi) is 4.03. The van der Waals surface area contributed by atoms with Gasteiger partial charge >= 0.3 is 0 Å². The third-order valence-electron chi connectivity index (χ3n) is 5.36. The Morgan fingerprint density at radius 3 is 3.00 bits per heavy atom. The molecule has 3 heterocycles. The van der Waals surface area contributed by atoms with Gasteiger partial charge in [0.05, 0.1) is 10.7 Å². The second kappa shape index (κ2) is 6.17. The molecule has 0 unspecified atom stereocenters. The van der Waals surface area contributed by atoms with Crippen LogP contribution in [-0.2, 0) is 6.54 Å². The van der Waals surface area contributed by atoms with Crippen LogP contribution in [0.1, 0.15) is 23.5 Å². The predicted octanol–water partition coefficient (Wildman–Crippen LogP) is 2.59. The van der Waals surface area contributed by atoms with E-state index < -0.39 is 0 Å². The first-order chi connectivity index (χ1) is 11.2. The average molecular weight is 329 g/mol. The monoisotopic (exact) mass is 329 g/mol. The summed E-state index contributed by atoms with van der Waals surface area (Å²) < 4.78 is 0. The van der Waals surface area contributed by atoms with E-state index in [0.717, 1.165) is 24.2 Å². The van der Waals surface area contributed by atoms with E-state index in [4.69, 9.17) is 0 Å². The van der Waals surface area contributed by atoms with Gasteiger partial charge in [-0.05, 0) is 43.7 Å². The molecule has 0 spiro atoms. The van der Waals surface area contributed by atoms with Gasteiger partial charge in [-0.15, -0.1) is 16.4 Å². The van der Waals surface area contributed by atoms with Gasteiger partial charge < -0.3 is 4.90 Å². The van der Waals surface area contributed by atoms with Crippen LogP contribution in [0.3, 0.4) is 0 Å². The topological polar surface area (TPSA) is 45.2 Å². The number of nitrogens with zero attached hydrogens (tertiary/aromatic N) is 5. The Bertz CT molecular complexity index is 658. The summed E-state index contributed by atoms with van der Waals surface area (Å²) in [4.78, 5) is 9.54. The number of anilines is 1. The van der Waals surface area contributed by atoms with Crippen molar-refractivity contribution in [3.05, 3.63) is 34.4 Å². The first-order valence-electron chi connectivity index (χ1n) is 8.34. The van der Waals surface area contributed by atoms with Crippen molar-refractivity contribution in [2.45, 2.75) is 32.4 Å². The van der Waals surface area contributed by atoms with Crippen molar-refractivity contribution in [1.29, 1.82) is 0 Å². The number of fused-ring (bicyclic) bond motifs is 1. The SMILES string of the molecule is Cc1nc(CN2C[C@H]3CC[C@@H](N(C)c4cccnn4)[C@H]3C2)cs1. The van der Waals surface area contributed by atoms with Crippen LogP contribution in [0.2, 0.25) is 0 Å². The average Bonchev–Trinajstić information content (AvgIpc) is 3.24. The number of aryl methyl sites for hydroxylation is 1. The highest BCUT2D eigenvalue weighted by Crippen LogP contribution is 2.41. The summed E-state index contributed by atoms with van der Waals surface area (Å²) in [7, 11) is 2.17. The van der Waals surface area contributed by atoms with Gasteiger partial charge in [0.25, 0.3) is 0 Å². The van der Waals surface area contributed by atoms with Crippen molar-refractivity contribution >= 4 is 17.2 Å². The predicted molar refractivity (Wildman–Crippen MR) is 92.6 cm³/mol. The van der Waals surface area contributed by atoms with E-state index in [1.807, 2.05) is 6.07 Å². The summed E-state index contributed by atoms with van der Waals surface area (Å²) in [6.07, 6.45) is 4.33. The molecule has 0 amide bonds. The van der Waals surface area contributed by atoms with Crippen LogP contribution in [0.5, 0.6) is 0 Å². The standard InChI is InChI=1S/C17H23N5S/c1-12-19-14(11-23-12)9-22-8-13-5-6-16(15(13)10-22)21(2)17-4-3-7-18-20-17/h3-4,7,11,13,15-16H,5-6,8-10H2,1-2H3/t13-,15+,16-/m1/s1. The Morgan fingerprint density at radius 2 is 2.26 bits per heavy atom. The summed E-state index contributed by atoms with van der Waals surface area (Å²) in [5, 5.41) is 11.7. The van der Waals surface area contributed by atoms with E-state index in [0.29, 0.717) is 6.04 Å². The number of hydrogen-bond acceptors (Lipinski definition) is 6. The zero-order chi connectivity index (χ0) is 15.8. The lowest BCUT2D eigenvalue weighted by Gasteiger charge is -2.30. The van der Waals surface area contributed by atoms with Crippen molar-refractivity contribution in [3.8, 4) is 0 Å². The third kappa shape index (κ3) is 2.97. The van der Waals surface area contributed by atoms with Gasteiger partial charge in [-0.25, -0.2) is 4.98 Å². The largest absolute Gasteiger partial charge is 0.355 e. The molecule has 1 aliphatic heterocycles. The lowest BCUT2D eigenvalue weighted by molar-refractivity contribution is 0.294. The molecular weight excluding hydrogens is 306 g/mol. The van der Waals surface area contributed by atoms with Crippen LogP contribution in [-0.4, -0.2) is 46.3 Å². The molecule has 2 fully saturated rings. The summed E-state index contributed by atoms with van der Waals surface area (Å²) in [5.41, 5.74) is 1.23. The van der Waals surface area contributed by atoms with Crippen LogP contribution in [0.4, 0.5) is 5.82 Å². The van der Waals surface area contributed by atoms with Gasteiger partial charge in [0, 0.05) is 44.3 Å². The smallest absolute Gasteiger partial charge is 0.151 e. The Balaban J connectivity index is 1.43. The first-order valence-corrected chi connectivity index (χ1v) is 9.22. The van der Waals surface area contributed by atoms with Crippen LogP contribution < -0.4 is 4.90 Å². The second-order valence-corrected chi connectivity index (χ2v) is 7.88. The zero-order valence-electron chi connectivity index (χ0n) is 13.7. The molecule has 2 aromatic heterocycles. The Hall–Kier alpha value is -1.53. The quantitative estimate of drug-likeness (QED) is 0.863. The van der Waals surface area contributed by atoms with Crippen molar-refractivity contribution < 1.29 is 0 Å². The molecule has 0 aromatic carbocycles. The molecule has 0 N–H and O–H groups in total. The highest BCUT2D eigenvalue weighted by Gasteiger charge is 2.44. The molecule has 2 aromatic rings.